The first-order valence-electron chi connectivity index (χ1n) is 7.42. The molecule has 0 unspecified atom stereocenters. The molecule has 5 nitrogen and oxygen atoms in total. The predicted octanol–water partition coefficient (Wildman–Crippen LogP) is 3.64. The Morgan fingerprint density at radius 3 is 2.74 bits per heavy atom. The molecule has 0 spiro atoms. The summed E-state index contributed by atoms with van der Waals surface area (Å²) in [5.41, 5.74) is 1.17. The predicted molar refractivity (Wildman–Crippen MR) is 93.3 cm³/mol. The Bertz CT molecular complexity index is 771. The van der Waals surface area contributed by atoms with Crippen LogP contribution in [-0.4, -0.2) is 30.3 Å². The Morgan fingerprint density at radius 2 is 1.96 bits per heavy atom. The molecule has 0 saturated carbocycles. The van der Waals surface area contributed by atoms with Crippen molar-refractivity contribution in [3.63, 3.8) is 0 Å². The zero-order valence-electron chi connectivity index (χ0n) is 13.2. The van der Waals surface area contributed by atoms with Gasteiger partial charge in [0.15, 0.2) is 0 Å². The van der Waals surface area contributed by atoms with Gasteiger partial charge in [-0.25, -0.2) is 9.97 Å². The third kappa shape index (κ3) is 3.97. The van der Waals surface area contributed by atoms with Crippen molar-refractivity contribution < 1.29 is 9.47 Å². The highest BCUT2D eigenvalue weighted by atomic mass is 32.1. The van der Waals surface area contributed by atoms with Gasteiger partial charge in [-0.15, -0.1) is 11.3 Å². The topological polar surface area (TPSA) is 56.3 Å². The van der Waals surface area contributed by atoms with Crippen LogP contribution in [0.3, 0.4) is 0 Å². The van der Waals surface area contributed by atoms with Gasteiger partial charge in [0.25, 0.3) is 0 Å². The molecule has 3 aromatic rings. The molecule has 0 radical (unpaired) electrons. The van der Waals surface area contributed by atoms with Crippen molar-refractivity contribution in [3.8, 4) is 5.75 Å². The Kier molecular flexibility index (Phi) is 5.05. The van der Waals surface area contributed by atoms with Gasteiger partial charge in [0.1, 0.15) is 29.3 Å². The fraction of sp³-hybridized carbons (Fsp3) is 0.294. The van der Waals surface area contributed by atoms with Gasteiger partial charge < -0.3 is 14.8 Å². The molecule has 0 aliphatic heterocycles. The van der Waals surface area contributed by atoms with Crippen LogP contribution in [0.25, 0.3) is 10.2 Å². The lowest BCUT2D eigenvalue weighted by atomic mass is 10.2. The molecular formula is C17H19N3O2S. The monoisotopic (exact) mass is 329 g/mol. The molecular weight excluding hydrogens is 310 g/mol. The number of thiophene rings is 1. The number of hydrogen-bond acceptors (Lipinski definition) is 6. The molecule has 6 heteroatoms. The van der Waals surface area contributed by atoms with Gasteiger partial charge in [-0.2, -0.15) is 0 Å². The minimum Gasteiger partial charge on any atom is -0.491 e. The second kappa shape index (κ2) is 7.39. The largest absolute Gasteiger partial charge is 0.491 e. The number of aryl methyl sites for hydroxylation is 1. The number of ether oxygens (including phenoxy) is 2. The maximum atomic E-state index is 5.56. The van der Waals surface area contributed by atoms with Crippen molar-refractivity contribution in [3.05, 3.63) is 47.1 Å². The molecule has 0 amide bonds. The number of methoxy groups -OCH3 is 1. The van der Waals surface area contributed by atoms with E-state index in [0.29, 0.717) is 19.8 Å². The average Bonchev–Trinajstić information content (AvgIpc) is 2.95. The van der Waals surface area contributed by atoms with Crippen molar-refractivity contribution in [1.29, 1.82) is 0 Å². The number of rotatable bonds is 7. The molecule has 1 N–H and O–H groups in total. The van der Waals surface area contributed by atoms with Crippen molar-refractivity contribution in [2.45, 2.75) is 13.5 Å². The Hall–Kier alpha value is -2.18. The van der Waals surface area contributed by atoms with E-state index < -0.39 is 0 Å². The quantitative estimate of drug-likeness (QED) is 0.671. The summed E-state index contributed by atoms with van der Waals surface area (Å²) in [5, 5.41) is 4.46. The summed E-state index contributed by atoms with van der Waals surface area (Å²) in [6, 6.07) is 10.2. The number of benzene rings is 1. The lowest BCUT2D eigenvalue weighted by Gasteiger charge is -2.08. The number of anilines is 1. The van der Waals surface area contributed by atoms with E-state index in [9.17, 15) is 0 Å². The van der Waals surface area contributed by atoms with Gasteiger partial charge in [-0.1, -0.05) is 12.1 Å². The van der Waals surface area contributed by atoms with Crippen molar-refractivity contribution >= 4 is 27.4 Å². The normalized spacial score (nSPS) is 10.9. The van der Waals surface area contributed by atoms with E-state index in [0.717, 1.165) is 21.8 Å². The second-order valence-electron chi connectivity index (χ2n) is 5.14. The average molecular weight is 329 g/mol. The highest BCUT2D eigenvalue weighted by Gasteiger charge is 2.06. The van der Waals surface area contributed by atoms with Crippen molar-refractivity contribution in [1.82, 2.24) is 9.97 Å². The van der Waals surface area contributed by atoms with Crippen LogP contribution in [-0.2, 0) is 11.3 Å². The smallest absolute Gasteiger partial charge is 0.138 e. The highest BCUT2D eigenvalue weighted by Crippen LogP contribution is 2.27. The van der Waals surface area contributed by atoms with Gasteiger partial charge in [0.2, 0.25) is 0 Å². The van der Waals surface area contributed by atoms with E-state index in [4.69, 9.17) is 9.47 Å². The van der Waals surface area contributed by atoms with E-state index >= 15 is 0 Å². The minimum absolute atomic E-state index is 0.560. The Balaban J connectivity index is 1.63. The maximum absolute atomic E-state index is 5.56. The summed E-state index contributed by atoms with van der Waals surface area (Å²) in [6.45, 7) is 3.94. The number of hydrogen-bond donors (Lipinski definition) is 1. The van der Waals surface area contributed by atoms with Crippen LogP contribution in [0.4, 0.5) is 5.82 Å². The third-order valence-corrected chi connectivity index (χ3v) is 4.35. The molecule has 0 bridgehead atoms. The summed E-state index contributed by atoms with van der Waals surface area (Å²) in [7, 11) is 1.66. The zero-order chi connectivity index (χ0) is 16.1. The number of nitrogens with one attached hydrogen (secondary N) is 1. The van der Waals surface area contributed by atoms with E-state index in [-0.39, 0.29) is 0 Å². The summed E-state index contributed by atoms with van der Waals surface area (Å²) < 4.78 is 10.5. The van der Waals surface area contributed by atoms with Crippen molar-refractivity contribution in [2.24, 2.45) is 0 Å². The minimum atomic E-state index is 0.560. The molecule has 2 aromatic heterocycles. The Labute approximate surface area is 139 Å². The highest BCUT2D eigenvalue weighted by molar-refractivity contribution is 7.18. The van der Waals surface area contributed by atoms with Gasteiger partial charge >= 0.3 is 0 Å². The fourth-order valence-corrected chi connectivity index (χ4v) is 3.10. The molecule has 0 fully saturated rings. The zero-order valence-corrected chi connectivity index (χ0v) is 14.0. The number of aromatic nitrogens is 2. The van der Waals surface area contributed by atoms with Gasteiger partial charge in [-0.3, -0.25) is 0 Å². The molecule has 2 heterocycles. The lowest BCUT2D eigenvalue weighted by Crippen LogP contribution is -2.05. The van der Waals surface area contributed by atoms with Gasteiger partial charge in [0.05, 0.1) is 12.0 Å². The van der Waals surface area contributed by atoms with Crippen LogP contribution < -0.4 is 10.1 Å². The van der Waals surface area contributed by atoms with E-state index in [1.54, 1.807) is 24.8 Å². The van der Waals surface area contributed by atoms with Crippen LogP contribution in [0.15, 0.2) is 36.7 Å². The second-order valence-corrected chi connectivity index (χ2v) is 6.37. The number of nitrogens with zero attached hydrogens (tertiary/aromatic N) is 2. The fourth-order valence-electron chi connectivity index (χ4n) is 2.25. The van der Waals surface area contributed by atoms with Gasteiger partial charge in [0, 0.05) is 18.5 Å². The van der Waals surface area contributed by atoms with Gasteiger partial charge in [-0.05, 0) is 30.7 Å². The first-order valence-corrected chi connectivity index (χ1v) is 8.23. The molecule has 0 saturated heterocycles. The molecule has 3 rings (SSSR count). The molecule has 120 valence electrons. The number of fused-ring (bicyclic) bond motifs is 1. The maximum Gasteiger partial charge on any atom is 0.138 e. The van der Waals surface area contributed by atoms with E-state index in [1.165, 1.54) is 10.4 Å². The summed E-state index contributed by atoms with van der Waals surface area (Å²) in [4.78, 5) is 10.9. The summed E-state index contributed by atoms with van der Waals surface area (Å²) in [6.07, 6.45) is 1.60. The molecule has 0 aliphatic rings. The first kappa shape index (κ1) is 15.7. The lowest BCUT2D eigenvalue weighted by molar-refractivity contribution is 0.146. The van der Waals surface area contributed by atoms with E-state index in [1.807, 2.05) is 24.3 Å². The van der Waals surface area contributed by atoms with Crippen LogP contribution in [0.5, 0.6) is 5.75 Å². The summed E-state index contributed by atoms with van der Waals surface area (Å²) in [5.74, 6) is 1.73. The molecule has 0 atom stereocenters. The molecule has 0 aliphatic carbocycles. The van der Waals surface area contributed by atoms with Crippen LogP contribution in [0.1, 0.15) is 10.4 Å². The van der Waals surface area contributed by atoms with Crippen LogP contribution >= 0.6 is 11.3 Å². The third-order valence-electron chi connectivity index (χ3n) is 3.39. The summed E-state index contributed by atoms with van der Waals surface area (Å²) >= 11 is 1.68. The molecule has 1 aromatic carbocycles. The van der Waals surface area contributed by atoms with Crippen LogP contribution in [0.2, 0.25) is 0 Å². The Morgan fingerprint density at radius 1 is 1.13 bits per heavy atom. The SMILES string of the molecule is COCCOc1ccc(CNc2ncnc3sc(C)cc23)cc1. The van der Waals surface area contributed by atoms with Crippen LogP contribution in [0, 0.1) is 6.92 Å². The standard InChI is InChI=1S/C17H19N3O2S/c1-12-9-15-16(19-11-20-17(15)23-12)18-10-13-3-5-14(6-4-13)22-8-7-21-2/h3-6,9,11H,7-8,10H2,1-2H3,(H,18,19,20). The molecule has 23 heavy (non-hydrogen) atoms. The first-order chi connectivity index (χ1) is 11.3. The van der Waals surface area contributed by atoms with Crippen molar-refractivity contribution in [2.75, 3.05) is 25.6 Å². The van der Waals surface area contributed by atoms with E-state index in [2.05, 4.69) is 28.3 Å².